The van der Waals surface area contributed by atoms with Gasteiger partial charge in [-0.15, -0.1) is 4.91 Å². The third-order valence-corrected chi connectivity index (χ3v) is 2.64. The van der Waals surface area contributed by atoms with Crippen LogP contribution >= 0.6 is 0 Å². The van der Waals surface area contributed by atoms with Crippen LogP contribution in [-0.2, 0) is 6.42 Å². The molecule has 2 rings (SSSR count). The average molecular weight is 274 g/mol. The zero-order chi connectivity index (χ0) is 14.5. The lowest BCUT2D eigenvalue weighted by Crippen LogP contribution is -2.04. The molecule has 8 nitrogen and oxygen atoms in total. The van der Waals surface area contributed by atoms with Crippen LogP contribution in [0.25, 0.3) is 0 Å². The predicted octanol–water partition coefficient (Wildman–Crippen LogP) is 1.32. The Morgan fingerprint density at radius 2 is 1.90 bits per heavy atom. The number of aliphatic hydroxyl groups is 1. The first kappa shape index (κ1) is 13.7. The molecular weight excluding hydrogens is 260 g/mol. The van der Waals surface area contributed by atoms with Crippen molar-refractivity contribution in [2.24, 2.45) is 5.18 Å². The van der Waals surface area contributed by atoms with Gasteiger partial charge in [0.05, 0.1) is 0 Å². The lowest BCUT2D eigenvalue weighted by molar-refractivity contribution is 0.299. The van der Waals surface area contributed by atoms with Crippen molar-refractivity contribution in [3.8, 4) is 0 Å². The summed E-state index contributed by atoms with van der Waals surface area (Å²) in [6.07, 6.45) is 0.578. The number of nitrogen functional groups attached to an aromatic ring is 2. The summed E-state index contributed by atoms with van der Waals surface area (Å²) in [5.41, 5.74) is 12.6. The molecule has 1 aromatic carbocycles. The zero-order valence-electron chi connectivity index (χ0n) is 10.6. The molecule has 0 aliphatic carbocycles. The summed E-state index contributed by atoms with van der Waals surface area (Å²) in [6, 6.07) is 7.27. The number of nitrogens with zero attached hydrogens (tertiary/aromatic N) is 3. The Balaban J connectivity index is 2.27. The summed E-state index contributed by atoms with van der Waals surface area (Å²) in [6.45, 7) is 0.0883. The van der Waals surface area contributed by atoms with E-state index in [1.165, 1.54) is 0 Å². The van der Waals surface area contributed by atoms with E-state index in [2.05, 4.69) is 20.5 Å². The van der Waals surface area contributed by atoms with Crippen LogP contribution in [-0.4, -0.2) is 21.7 Å². The summed E-state index contributed by atoms with van der Waals surface area (Å²) in [5, 5.41) is 14.6. The molecule has 104 valence electrons. The molecule has 0 radical (unpaired) electrons. The average Bonchev–Trinajstić information content (AvgIpc) is 2.41. The minimum atomic E-state index is -0.0846. The second-order valence-corrected chi connectivity index (χ2v) is 4.05. The molecule has 1 heterocycles. The van der Waals surface area contributed by atoms with Crippen LogP contribution in [0.1, 0.15) is 5.56 Å². The molecule has 2 aromatic rings. The van der Waals surface area contributed by atoms with Crippen molar-refractivity contribution in [3.05, 3.63) is 34.7 Å². The highest BCUT2D eigenvalue weighted by Gasteiger charge is 2.12. The van der Waals surface area contributed by atoms with Crippen molar-refractivity contribution >= 4 is 29.0 Å². The van der Waals surface area contributed by atoms with Gasteiger partial charge in [0.2, 0.25) is 5.95 Å². The van der Waals surface area contributed by atoms with E-state index >= 15 is 0 Å². The maximum atomic E-state index is 10.8. The van der Waals surface area contributed by atoms with Crippen LogP contribution in [0, 0.1) is 4.91 Å². The summed E-state index contributed by atoms with van der Waals surface area (Å²) in [5.74, 6) is 0.0288. The first-order valence-corrected chi connectivity index (χ1v) is 5.87. The molecule has 0 aliphatic heterocycles. The lowest BCUT2D eigenvalue weighted by atomic mass is 10.1. The van der Waals surface area contributed by atoms with Crippen LogP contribution in [0.15, 0.2) is 29.4 Å². The maximum absolute atomic E-state index is 10.8. The number of nitrogens with one attached hydrogen (secondary N) is 1. The van der Waals surface area contributed by atoms with Gasteiger partial charge in [-0.2, -0.15) is 9.97 Å². The number of anilines is 4. The van der Waals surface area contributed by atoms with E-state index in [0.717, 1.165) is 5.56 Å². The van der Waals surface area contributed by atoms with Crippen LogP contribution < -0.4 is 16.8 Å². The van der Waals surface area contributed by atoms with E-state index in [1.54, 1.807) is 12.1 Å². The van der Waals surface area contributed by atoms with Crippen molar-refractivity contribution in [1.82, 2.24) is 9.97 Å². The first-order chi connectivity index (χ1) is 9.63. The topological polar surface area (TPSA) is 140 Å². The number of hydrogen-bond donors (Lipinski definition) is 4. The van der Waals surface area contributed by atoms with Gasteiger partial charge in [-0.1, -0.05) is 12.1 Å². The Bertz CT molecular complexity index is 614. The predicted molar refractivity (Wildman–Crippen MR) is 76.8 cm³/mol. The molecule has 0 atom stereocenters. The summed E-state index contributed by atoms with van der Waals surface area (Å²) in [7, 11) is 0. The molecule has 6 N–H and O–H groups in total. The highest BCUT2D eigenvalue weighted by Crippen LogP contribution is 2.31. The van der Waals surface area contributed by atoms with Gasteiger partial charge < -0.3 is 21.9 Å². The van der Waals surface area contributed by atoms with E-state index < -0.39 is 0 Å². The first-order valence-electron chi connectivity index (χ1n) is 5.87. The zero-order valence-corrected chi connectivity index (χ0v) is 10.6. The van der Waals surface area contributed by atoms with Crippen molar-refractivity contribution < 1.29 is 5.11 Å². The van der Waals surface area contributed by atoms with Crippen LogP contribution in [0.2, 0.25) is 0 Å². The quantitative estimate of drug-likeness (QED) is 0.602. The summed E-state index contributed by atoms with van der Waals surface area (Å²) in [4.78, 5) is 18.3. The second-order valence-electron chi connectivity index (χ2n) is 4.05. The second kappa shape index (κ2) is 5.93. The number of nitrogens with two attached hydrogens (primary N) is 2. The fourth-order valence-corrected chi connectivity index (χ4v) is 1.69. The smallest absolute Gasteiger partial charge is 0.224 e. The molecule has 0 fully saturated rings. The largest absolute Gasteiger partial charge is 0.396 e. The molecule has 0 saturated heterocycles. The van der Waals surface area contributed by atoms with Gasteiger partial charge in [-0.3, -0.25) is 0 Å². The number of aromatic nitrogens is 2. The number of nitroso groups, excluding NO2 is 1. The van der Waals surface area contributed by atoms with Gasteiger partial charge in [0, 0.05) is 12.3 Å². The Labute approximate surface area is 114 Å². The molecule has 0 spiro atoms. The van der Waals surface area contributed by atoms with Crippen molar-refractivity contribution in [1.29, 1.82) is 0 Å². The minimum Gasteiger partial charge on any atom is -0.396 e. The molecule has 0 bridgehead atoms. The fourth-order valence-electron chi connectivity index (χ4n) is 1.69. The fraction of sp³-hybridized carbons (Fsp3) is 0.167. The van der Waals surface area contributed by atoms with Gasteiger partial charge >= 0.3 is 0 Å². The van der Waals surface area contributed by atoms with Crippen LogP contribution in [0.3, 0.4) is 0 Å². The molecule has 0 unspecified atom stereocenters. The van der Waals surface area contributed by atoms with Gasteiger partial charge in [0.25, 0.3) is 0 Å². The highest BCUT2D eigenvalue weighted by molar-refractivity contribution is 5.77. The Kier molecular flexibility index (Phi) is 4.06. The summed E-state index contributed by atoms with van der Waals surface area (Å²) >= 11 is 0. The standard InChI is InChI=1S/C12H14N6O2/c13-10-9(18-20)11(17-12(14)16-10)15-8-3-1-7(2-4-8)5-6-19/h1-4,19H,5-6H2,(H5,13,14,15,16,17). The van der Waals surface area contributed by atoms with E-state index in [1.807, 2.05) is 12.1 Å². The SMILES string of the molecule is Nc1nc(N)c(N=O)c(Nc2ccc(CCO)cc2)n1. The van der Waals surface area contributed by atoms with Gasteiger partial charge in [-0.05, 0) is 29.3 Å². The number of benzene rings is 1. The molecule has 1 aromatic heterocycles. The van der Waals surface area contributed by atoms with Gasteiger partial charge in [-0.25, -0.2) is 0 Å². The van der Waals surface area contributed by atoms with Gasteiger partial charge in [0.1, 0.15) is 0 Å². The van der Waals surface area contributed by atoms with Crippen LogP contribution in [0.5, 0.6) is 0 Å². The van der Waals surface area contributed by atoms with Crippen LogP contribution in [0.4, 0.5) is 29.0 Å². The minimum absolute atomic E-state index is 0.0469. The summed E-state index contributed by atoms with van der Waals surface area (Å²) < 4.78 is 0. The molecule has 0 aliphatic rings. The Morgan fingerprint density at radius 3 is 2.50 bits per heavy atom. The van der Waals surface area contributed by atoms with E-state index in [-0.39, 0.29) is 29.9 Å². The molecular formula is C12H14N6O2. The van der Waals surface area contributed by atoms with E-state index in [4.69, 9.17) is 16.6 Å². The van der Waals surface area contributed by atoms with Crippen molar-refractivity contribution in [3.63, 3.8) is 0 Å². The van der Waals surface area contributed by atoms with E-state index in [0.29, 0.717) is 12.1 Å². The Hall–Kier alpha value is -2.74. The number of rotatable bonds is 5. The van der Waals surface area contributed by atoms with Crippen molar-refractivity contribution in [2.75, 3.05) is 23.4 Å². The number of aliphatic hydroxyl groups excluding tert-OH is 1. The lowest BCUT2D eigenvalue weighted by Gasteiger charge is -2.09. The maximum Gasteiger partial charge on any atom is 0.224 e. The van der Waals surface area contributed by atoms with E-state index in [9.17, 15) is 4.91 Å². The van der Waals surface area contributed by atoms with Crippen molar-refractivity contribution in [2.45, 2.75) is 6.42 Å². The molecule has 20 heavy (non-hydrogen) atoms. The molecule has 0 amide bonds. The highest BCUT2D eigenvalue weighted by atomic mass is 16.3. The third-order valence-electron chi connectivity index (χ3n) is 2.64. The normalized spacial score (nSPS) is 10.2. The Morgan fingerprint density at radius 1 is 1.20 bits per heavy atom. The molecule has 8 heteroatoms. The monoisotopic (exact) mass is 274 g/mol. The van der Waals surface area contributed by atoms with Gasteiger partial charge in [0.15, 0.2) is 17.3 Å². The molecule has 0 saturated carbocycles. The number of hydrogen-bond acceptors (Lipinski definition) is 8. The third kappa shape index (κ3) is 2.98.